The van der Waals surface area contributed by atoms with Crippen molar-refractivity contribution in [1.82, 2.24) is 10.2 Å². The van der Waals surface area contributed by atoms with E-state index in [-0.39, 0.29) is 18.2 Å². The van der Waals surface area contributed by atoms with Crippen molar-refractivity contribution in [2.45, 2.75) is 25.3 Å². The largest absolute Gasteiger partial charge is 0.480 e. The highest BCUT2D eigenvalue weighted by molar-refractivity contribution is 5.85. The van der Waals surface area contributed by atoms with E-state index in [2.05, 4.69) is 10.2 Å². The van der Waals surface area contributed by atoms with Crippen LogP contribution in [0.2, 0.25) is 0 Å². The number of hydrogen-bond donors (Lipinski definition) is 2. The van der Waals surface area contributed by atoms with E-state index in [1.54, 1.807) is 6.07 Å². The number of likely N-dealkylation sites (tertiary alicyclic amines) is 1. The molecular weight excluding hydrogens is 287 g/mol. The summed E-state index contributed by atoms with van der Waals surface area (Å²) in [6, 6.07) is 4.73. The zero-order valence-electron chi connectivity index (χ0n) is 12.6. The van der Waals surface area contributed by atoms with Crippen molar-refractivity contribution in [3.8, 4) is 0 Å². The highest BCUT2D eigenvalue weighted by Gasteiger charge is 2.28. The Hall–Kier alpha value is -1.95. The second-order valence-electron chi connectivity index (χ2n) is 5.83. The third-order valence-electron chi connectivity index (χ3n) is 3.94. The Labute approximate surface area is 129 Å². The fourth-order valence-electron chi connectivity index (χ4n) is 2.77. The smallest absolute Gasteiger partial charge is 0.326 e. The van der Waals surface area contributed by atoms with Gasteiger partial charge in [-0.1, -0.05) is 12.1 Å². The summed E-state index contributed by atoms with van der Waals surface area (Å²) in [4.78, 5) is 25.7. The van der Waals surface area contributed by atoms with Gasteiger partial charge in [-0.15, -0.1) is 0 Å². The summed E-state index contributed by atoms with van der Waals surface area (Å²) >= 11 is 0. The number of halogens is 1. The lowest BCUT2D eigenvalue weighted by molar-refractivity contribution is -0.142. The summed E-state index contributed by atoms with van der Waals surface area (Å²) in [5, 5.41) is 11.9. The van der Waals surface area contributed by atoms with Crippen LogP contribution in [0.25, 0.3) is 0 Å². The average Bonchev–Trinajstić information content (AvgIpc) is 2.46. The SMILES string of the molecule is CN1CCCC(C(=O)NC(Cc2cccc(F)c2)C(=O)O)C1. The predicted octanol–water partition coefficient (Wildman–Crippen LogP) is 1.28. The van der Waals surface area contributed by atoms with Gasteiger partial charge in [0.1, 0.15) is 11.9 Å². The Bertz CT molecular complexity index is 550. The maximum Gasteiger partial charge on any atom is 0.326 e. The van der Waals surface area contributed by atoms with Crippen molar-refractivity contribution >= 4 is 11.9 Å². The average molecular weight is 308 g/mol. The summed E-state index contributed by atoms with van der Waals surface area (Å²) < 4.78 is 13.2. The number of amides is 1. The van der Waals surface area contributed by atoms with Crippen LogP contribution in [0.1, 0.15) is 18.4 Å². The summed E-state index contributed by atoms with van der Waals surface area (Å²) in [6.07, 6.45) is 1.76. The minimum atomic E-state index is -1.11. The molecule has 1 aromatic carbocycles. The van der Waals surface area contributed by atoms with Gasteiger partial charge in [0.05, 0.1) is 5.92 Å². The number of nitrogens with zero attached hydrogens (tertiary/aromatic N) is 1. The predicted molar refractivity (Wildman–Crippen MR) is 79.9 cm³/mol. The molecule has 1 saturated heterocycles. The van der Waals surface area contributed by atoms with Gasteiger partial charge >= 0.3 is 5.97 Å². The molecule has 2 rings (SSSR count). The highest BCUT2D eigenvalue weighted by atomic mass is 19.1. The second kappa shape index (κ2) is 7.35. The van der Waals surface area contributed by atoms with E-state index in [0.29, 0.717) is 12.1 Å². The molecule has 1 amide bonds. The monoisotopic (exact) mass is 308 g/mol. The molecule has 0 saturated carbocycles. The van der Waals surface area contributed by atoms with Crippen LogP contribution in [0.4, 0.5) is 4.39 Å². The van der Waals surface area contributed by atoms with Crippen LogP contribution in [0.3, 0.4) is 0 Å². The molecule has 0 aromatic heterocycles. The first-order valence-electron chi connectivity index (χ1n) is 7.42. The Morgan fingerprint density at radius 3 is 2.91 bits per heavy atom. The summed E-state index contributed by atoms with van der Waals surface area (Å²) in [5.41, 5.74) is 0.550. The number of carbonyl (C=O) groups excluding carboxylic acids is 1. The van der Waals surface area contributed by atoms with E-state index in [9.17, 15) is 19.1 Å². The highest BCUT2D eigenvalue weighted by Crippen LogP contribution is 2.16. The van der Waals surface area contributed by atoms with E-state index in [0.717, 1.165) is 19.4 Å². The standard InChI is InChI=1S/C16H21FN2O3/c1-19-7-3-5-12(10-19)15(20)18-14(16(21)22)9-11-4-2-6-13(17)8-11/h2,4,6,8,12,14H,3,5,7,9-10H2,1H3,(H,18,20)(H,21,22). The third kappa shape index (κ3) is 4.53. The molecular formula is C16H21FN2O3. The molecule has 0 radical (unpaired) electrons. The van der Waals surface area contributed by atoms with E-state index >= 15 is 0 Å². The zero-order chi connectivity index (χ0) is 16.1. The third-order valence-corrected chi connectivity index (χ3v) is 3.94. The molecule has 0 bridgehead atoms. The van der Waals surface area contributed by atoms with Crippen molar-refractivity contribution in [3.63, 3.8) is 0 Å². The van der Waals surface area contributed by atoms with E-state index in [1.165, 1.54) is 18.2 Å². The van der Waals surface area contributed by atoms with Crippen molar-refractivity contribution in [3.05, 3.63) is 35.6 Å². The van der Waals surface area contributed by atoms with Crippen molar-refractivity contribution in [1.29, 1.82) is 0 Å². The number of carboxylic acid groups (broad SMARTS) is 1. The minimum absolute atomic E-state index is 0.0708. The molecule has 0 aliphatic carbocycles. The molecule has 1 aromatic rings. The quantitative estimate of drug-likeness (QED) is 0.860. The van der Waals surface area contributed by atoms with Gasteiger partial charge in [0, 0.05) is 13.0 Å². The molecule has 6 heteroatoms. The molecule has 2 N–H and O–H groups in total. The Kier molecular flexibility index (Phi) is 5.49. The van der Waals surface area contributed by atoms with Gasteiger partial charge in [-0.2, -0.15) is 0 Å². The van der Waals surface area contributed by atoms with Gasteiger partial charge in [-0.25, -0.2) is 9.18 Å². The fraction of sp³-hybridized carbons (Fsp3) is 0.500. The first-order valence-corrected chi connectivity index (χ1v) is 7.42. The Morgan fingerprint density at radius 1 is 1.50 bits per heavy atom. The molecule has 2 unspecified atom stereocenters. The summed E-state index contributed by atoms with van der Waals surface area (Å²) in [5.74, 6) is -1.95. The topological polar surface area (TPSA) is 69.6 Å². The molecule has 120 valence electrons. The zero-order valence-corrected chi connectivity index (χ0v) is 12.6. The van der Waals surface area contributed by atoms with Crippen molar-refractivity contribution < 1.29 is 19.1 Å². The van der Waals surface area contributed by atoms with Gasteiger partial charge in [-0.3, -0.25) is 4.79 Å². The molecule has 1 aliphatic rings. The fourth-order valence-corrected chi connectivity index (χ4v) is 2.77. The molecule has 1 fully saturated rings. The molecule has 22 heavy (non-hydrogen) atoms. The molecule has 5 nitrogen and oxygen atoms in total. The van der Waals surface area contributed by atoms with Crippen molar-refractivity contribution in [2.75, 3.05) is 20.1 Å². The van der Waals surface area contributed by atoms with E-state index in [1.807, 2.05) is 7.05 Å². The number of carboxylic acids is 1. The van der Waals surface area contributed by atoms with Gasteiger partial charge in [0.2, 0.25) is 5.91 Å². The first-order chi connectivity index (χ1) is 10.5. The molecule has 1 aliphatic heterocycles. The lowest BCUT2D eigenvalue weighted by Gasteiger charge is -2.29. The van der Waals surface area contributed by atoms with Crippen LogP contribution in [0.15, 0.2) is 24.3 Å². The van der Waals surface area contributed by atoms with Gasteiger partial charge < -0.3 is 15.3 Å². The number of rotatable bonds is 5. The number of carbonyl (C=O) groups is 2. The molecule has 1 heterocycles. The normalized spacial score (nSPS) is 20.4. The van der Waals surface area contributed by atoms with Crippen LogP contribution in [0.5, 0.6) is 0 Å². The van der Waals surface area contributed by atoms with Crippen LogP contribution in [-0.4, -0.2) is 48.1 Å². The van der Waals surface area contributed by atoms with E-state index in [4.69, 9.17) is 0 Å². The van der Waals surface area contributed by atoms with Crippen LogP contribution < -0.4 is 5.32 Å². The van der Waals surface area contributed by atoms with Gasteiger partial charge in [0.15, 0.2) is 0 Å². The van der Waals surface area contributed by atoms with Crippen LogP contribution in [-0.2, 0) is 16.0 Å². The van der Waals surface area contributed by atoms with Crippen LogP contribution in [0, 0.1) is 11.7 Å². The maximum absolute atomic E-state index is 13.2. The van der Waals surface area contributed by atoms with Gasteiger partial charge in [0.25, 0.3) is 0 Å². The Balaban J connectivity index is 1.99. The lowest BCUT2D eigenvalue weighted by Crippen LogP contribution is -2.48. The maximum atomic E-state index is 13.2. The first kappa shape index (κ1) is 16.4. The lowest BCUT2D eigenvalue weighted by atomic mass is 9.96. The minimum Gasteiger partial charge on any atom is -0.480 e. The number of hydrogen-bond acceptors (Lipinski definition) is 3. The number of nitrogens with one attached hydrogen (secondary N) is 1. The van der Waals surface area contributed by atoms with E-state index < -0.39 is 17.8 Å². The van der Waals surface area contributed by atoms with Crippen LogP contribution >= 0.6 is 0 Å². The number of benzene rings is 1. The Morgan fingerprint density at radius 2 is 2.27 bits per heavy atom. The molecule has 0 spiro atoms. The molecule has 2 atom stereocenters. The van der Waals surface area contributed by atoms with Gasteiger partial charge in [-0.05, 0) is 44.1 Å². The summed E-state index contributed by atoms with van der Waals surface area (Å²) in [7, 11) is 1.95. The number of piperidine rings is 1. The second-order valence-corrected chi connectivity index (χ2v) is 5.83. The summed E-state index contributed by atoms with van der Waals surface area (Å²) in [6.45, 7) is 1.59. The van der Waals surface area contributed by atoms with Crippen molar-refractivity contribution in [2.24, 2.45) is 5.92 Å². The number of aliphatic carboxylic acids is 1.